The number of rotatable bonds is 5. The fraction of sp³-hybridized carbons (Fsp3) is 0.500. The van der Waals surface area contributed by atoms with E-state index in [0.29, 0.717) is 6.04 Å². The largest absolute Gasteiger partial charge is 0.361 e. The van der Waals surface area contributed by atoms with Crippen LogP contribution in [0.4, 0.5) is 0 Å². The Morgan fingerprint density at radius 2 is 2.23 bits per heavy atom. The third kappa shape index (κ3) is 3.19. The maximum Gasteiger partial charge on any atom is 0.215 e. The summed E-state index contributed by atoms with van der Waals surface area (Å²) < 4.78 is 25.8. The van der Waals surface area contributed by atoms with Crippen molar-refractivity contribution in [2.45, 2.75) is 31.1 Å². The molecule has 2 aromatic rings. The summed E-state index contributed by atoms with van der Waals surface area (Å²) >= 11 is 0. The van der Waals surface area contributed by atoms with E-state index in [2.05, 4.69) is 27.9 Å². The van der Waals surface area contributed by atoms with Gasteiger partial charge in [0, 0.05) is 23.1 Å². The molecule has 1 atom stereocenters. The number of likely N-dealkylation sites (N-methyl/N-ethyl adjacent to an activating group) is 1. The average molecular weight is 321 g/mol. The first kappa shape index (κ1) is 15.5. The summed E-state index contributed by atoms with van der Waals surface area (Å²) in [6.07, 6.45) is 5.57. The fourth-order valence-corrected chi connectivity index (χ4v) is 4.03. The molecule has 0 radical (unpaired) electrons. The van der Waals surface area contributed by atoms with Crippen molar-refractivity contribution in [3.8, 4) is 0 Å². The molecule has 1 unspecified atom stereocenters. The van der Waals surface area contributed by atoms with E-state index in [-0.39, 0.29) is 5.75 Å². The summed E-state index contributed by atoms with van der Waals surface area (Å²) in [6, 6.07) is 6.44. The van der Waals surface area contributed by atoms with Crippen LogP contribution in [0.1, 0.15) is 24.0 Å². The highest BCUT2D eigenvalue weighted by molar-refractivity contribution is 7.88. The molecular formula is C16H23N3O2S. The number of likely N-dealkylation sites (tertiary alicyclic amines) is 1. The van der Waals surface area contributed by atoms with Gasteiger partial charge in [-0.2, -0.15) is 0 Å². The standard InChI is InChI=1S/C16H23N3O2S/c1-17-22(20,21)11-12-5-6-16-15(8-12)13(10-18-16)9-14-4-3-7-19(14)2/h5-6,8,10,14,17-18H,3-4,7,9,11H2,1-2H3. The molecule has 3 rings (SSSR count). The van der Waals surface area contributed by atoms with Crippen molar-refractivity contribution >= 4 is 20.9 Å². The molecule has 1 aromatic carbocycles. The number of benzene rings is 1. The Kier molecular flexibility index (Phi) is 4.25. The normalized spacial score (nSPS) is 20.0. The van der Waals surface area contributed by atoms with E-state index in [9.17, 15) is 8.42 Å². The summed E-state index contributed by atoms with van der Waals surface area (Å²) in [5, 5.41) is 1.14. The lowest BCUT2D eigenvalue weighted by molar-refractivity contribution is 0.310. The van der Waals surface area contributed by atoms with E-state index in [1.165, 1.54) is 32.0 Å². The minimum Gasteiger partial charge on any atom is -0.361 e. The number of H-pyrrole nitrogens is 1. The maximum atomic E-state index is 11.7. The maximum absolute atomic E-state index is 11.7. The van der Waals surface area contributed by atoms with Crippen LogP contribution in [0.5, 0.6) is 0 Å². The van der Waals surface area contributed by atoms with Crippen LogP contribution < -0.4 is 4.72 Å². The number of sulfonamides is 1. The third-order valence-electron chi connectivity index (χ3n) is 4.63. The van der Waals surface area contributed by atoms with Crippen LogP contribution >= 0.6 is 0 Å². The zero-order chi connectivity index (χ0) is 15.7. The summed E-state index contributed by atoms with van der Waals surface area (Å²) in [5.74, 6) is 0.0212. The first-order chi connectivity index (χ1) is 10.5. The summed E-state index contributed by atoms with van der Waals surface area (Å²) in [7, 11) is 0.391. The van der Waals surface area contributed by atoms with E-state index in [1.807, 2.05) is 18.2 Å². The second-order valence-electron chi connectivity index (χ2n) is 6.14. The van der Waals surface area contributed by atoms with E-state index < -0.39 is 10.0 Å². The molecule has 0 spiro atoms. The van der Waals surface area contributed by atoms with Gasteiger partial charge in [-0.15, -0.1) is 0 Å². The topological polar surface area (TPSA) is 65.2 Å². The molecule has 1 aromatic heterocycles. The minimum atomic E-state index is -3.24. The molecule has 5 nitrogen and oxygen atoms in total. The van der Waals surface area contributed by atoms with Crippen molar-refractivity contribution in [2.24, 2.45) is 0 Å². The van der Waals surface area contributed by atoms with Gasteiger partial charge in [-0.05, 0) is 63.2 Å². The smallest absolute Gasteiger partial charge is 0.215 e. The van der Waals surface area contributed by atoms with Crippen molar-refractivity contribution in [2.75, 3.05) is 20.6 Å². The van der Waals surface area contributed by atoms with Gasteiger partial charge in [0.05, 0.1) is 5.75 Å². The Morgan fingerprint density at radius 1 is 1.41 bits per heavy atom. The monoisotopic (exact) mass is 321 g/mol. The fourth-order valence-electron chi connectivity index (χ4n) is 3.27. The van der Waals surface area contributed by atoms with Crippen LogP contribution in [0.2, 0.25) is 0 Å². The number of fused-ring (bicyclic) bond motifs is 1. The van der Waals surface area contributed by atoms with Crippen LogP contribution in [-0.4, -0.2) is 45.0 Å². The Bertz CT molecular complexity index is 767. The Labute approximate surface area is 131 Å². The van der Waals surface area contributed by atoms with Crippen molar-refractivity contribution in [3.05, 3.63) is 35.5 Å². The number of aromatic amines is 1. The van der Waals surface area contributed by atoms with Gasteiger partial charge >= 0.3 is 0 Å². The van der Waals surface area contributed by atoms with Gasteiger partial charge in [0.2, 0.25) is 10.0 Å². The van der Waals surface area contributed by atoms with Crippen molar-refractivity contribution in [1.82, 2.24) is 14.6 Å². The molecule has 1 saturated heterocycles. The predicted molar refractivity (Wildman–Crippen MR) is 89.3 cm³/mol. The number of nitrogens with one attached hydrogen (secondary N) is 2. The zero-order valence-corrected chi connectivity index (χ0v) is 13.9. The highest BCUT2D eigenvalue weighted by Gasteiger charge is 2.22. The van der Waals surface area contributed by atoms with Gasteiger partial charge in [0.1, 0.15) is 0 Å². The second kappa shape index (κ2) is 6.02. The molecule has 1 fully saturated rings. The van der Waals surface area contributed by atoms with E-state index in [0.717, 1.165) is 22.9 Å². The van der Waals surface area contributed by atoms with Crippen molar-refractivity contribution in [1.29, 1.82) is 0 Å². The Hall–Kier alpha value is -1.37. The van der Waals surface area contributed by atoms with Crippen LogP contribution in [0.25, 0.3) is 10.9 Å². The number of hydrogen-bond acceptors (Lipinski definition) is 3. The molecule has 0 bridgehead atoms. The Morgan fingerprint density at radius 3 is 2.91 bits per heavy atom. The van der Waals surface area contributed by atoms with Crippen LogP contribution in [0, 0.1) is 0 Å². The molecule has 1 aliphatic heterocycles. The lowest BCUT2D eigenvalue weighted by Gasteiger charge is -2.18. The van der Waals surface area contributed by atoms with Crippen molar-refractivity contribution in [3.63, 3.8) is 0 Å². The summed E-state index contributed by atoms with van der Waals surface area (Å²) in [4.78, 5) is 5.71. The van der Waals surface area contributed by atoms with Crippen LogP contribution in [0.3, 0.4) is 0 Å². The quantitative estimate of drug-likeness (QED) is 0.883. The predicted octanol–water partition coefficient (Wildman–Crippen LogP) is 1.85. The molecule has 22 heavy (non-hydrogen) atoms. The van der Waals surface area contributed by atoms with Gasteiger partial charge in [-0.1, -0.05) is 6.07 Å². The lowest BCUT2D eigenvalue weighted by atomic mass is 10.0. The van der Waals surface area contributed by atoms with Crippen LogP contribution in [0.15, 0.2) is 24.4 Å². The highest BCUT2D eigenvalue weighted by atomic mass is 32.2. The van der Waals surface area contributed by atoms with Gasteiger partial charge < -0.3 is 9.88 Å². The first-order valence-corrected chi connectivity index (χ1v) is 9.34. The number of nitrogens with zero attached hydrogens (tertiary/aromatic N) is 1. The molecule has 2 N–H and O–H groups in total. The first-order valence-electron chi connectivity index (χ1n) is 7.69. The van der Waals surface area contributed by atoms with E-state index in [1.54, 1.807) is 0 Å². The average Bonchev–Trinajstić information content (AvgIpc) is 3.06. The van der Waals surface area contributed by atoms with Crippen LogP contribution in [-0.2, 0) is 22.2 Å². The SMILES string of the molecule is CNS(=O)(=O)Cc1ccc2[nH]cc(CC3CCCN3C)c2c1. The minimum absolute atomic E-state index is 0.0212. The van der Waals surface area contributed by atoms with Gasteiger partial charge in [0.25, 0.3) is 0 Å². The summed E-state index contributed by atoms with van der Waals surface area (Å²) in [6.45, 7) is 1.17. The Balaban J connectivity index is 1.88. The summed E-state index contributed by atoms with van der Waals surface area (Å²) in [5.41, 5.74) is 3.17. The second-order valence-corrected chi connectivity index (χ2v) is 8.06. The van der Waals surface area contributed by atoms with Crippen molar-refractivity contribution < 1.29 is 8.42 Å². The highest BCUT2D eigenvalue weighted by Crippen LogP contribution is 2.26. The van der Waals surface area contributed by atoms with E-state index in [4.69, 9.17) is 0 Å². The number of aromatic nitrogens is 1. The van der Waals surface area contributed by atoms with Gasteiger partial charge in [-0.25, -0.2) is 13.1 Å². The zero-order valence-electron chi connectivity index (χ0n) is 13.1. The third-order valence-corrected chi connectivity index (χ3v) is 5.96. The molecule has 1 aliphatic rings. The molecule has 2 heterocycles. The molecule has 0 amide bonds. The molecular weight excluding hydrogens is 298 g/mol. The van der Waals surface area contributed by atoms with Gasteiger partial charge in [0.15, 0.2) is 0 Å². The number of hydrogen-bond donors (Lipinski definition) is 2. The molecule has 0 saturated carbocycles. The lowest BCUT2D eigenvalue weighted by Crippen LogP contribution is -2.26. The molecule has 0 aliphatic carbocycles. The molecule has 120 valence electrons. The van der Waals surface area contributed by atoms with Gasteiger partial charge in [-0.3, -0.25) is 0 Å². The molecule has 6 heteroatoms. The van der Waals surface area contributed by atoms with E-state index >= 15 is 0 Å².